The van der Waals surface area contributed by atoms with Crippen molar-refractivity contribution >= 4 is 40.5 Å². The largest absolute Gasteiger partial charge is 0.488 e. The molecule has 2 aliphatic heterocycles. The van der Waals surface area contributed by atoms with Crippen molar-refractivity contribution in [1.82, 2.24) is 9.80 Å². The van der Waals surface area contributed by atoms with Crippen LogP contribution in [0.2, 0.25) is 0 Å². The number of amides is 3. The van der Waals surface area contributed by atoms with Crippen molar-refractivity contribution < 1.29 is 23.8 Å². The number of nitrogens with zero attached hydrogens (tertiary/aromatic N) is 3. The van der Waals surface area contributed by atoms with Gasteiger partial charge >= 0.3 is 6.03 Å². The fraction of sp³-hybridized carbons (Fsp3) is 0.387. The van der Waals surface area contributed by atoms with E-state index >= 15 is 0 Å². The van der Waals surface area contributed by atoms with Gasteiger partial charge < -0.3 is 30.2 Å². The topological polar surface area (TPSA) is 119 Å². The van der Waals surface area contributed by atoms with Gasteiger partial charge in [-0.1, -0.05) is 35.9 Å². The molecule has 1 aromatic carbocycles. The van der Waals surface area contributed by atoms with Crippen molar-refractivity contribution in [2.24, 2.45) is 4.99 Å². The first-order chi connectivity index (χ1) is 20.5. The number of nitrogen functional groups attached to an aromatic ring is 1. The Morgan fingerprint density at radius 3 is 2.71 bits per heavy atom. The number of nitrogens with two attached hydrogens (primary N) is 1. The molecule has 1 aliphatic carbocycles. The summed E-state index contributed by atoms with van der Waals surface area (Å²) in [5, 5.41) is 6.41. The number of carbonyl (C=O) groups is 2. The number of anilines is 2. The second kappa shape index (κ2) is 14.8. The van der Waals surface area contributed by atoms with Crippen LogP contribution >= 0.6 is 11.3 Å². The van der Waals surface area contributed by atoms with E-state index in [4.69, 9.17) is 19.9 Å². The lowest BCUT2D eigenvalue weighted by Crippen LogP contribution is -2.38. The van der Waals surface area contributed by atoms with Crippen molar-refractivity contribution in [1.29, 1.82) is 0 Å². The van der Waals surface area contributed by atoms with Crippen LogP contribution in [0.25, 0.3) is 0 Å². The normalized spacial score (nSPS) is 18.0. The van der Waals surface area contributed by atoms with Crippen LogP contribution in [-0.2, 0) is 20.8 Å². The number of nitrogens with one attached hydrogen (secondary N) is 1. The summed E-state index contributed by atoms with van der Waals surface area (Å²) in [4.78, 5) is 34.5. The Morgan fingerprint density at radius 1 is 1.14 bits per heavy atom. The van der Waals surface area contributed by atoms with Crippen molar-refractivity contribution in [3.8, 4) is 0 Å². The Bertz CT molecular complexity index is 1360. The molecule has 10 nitrogen and oxygen atoms in total. The predicted molar refractivity (Wildman–Crippen MR) is 164 cm³/mol. The summed E-state index contributed by atoms with van der Waals surface area (Å²) in [6.45, 7) is 5.09. The number of carbonyl (C=O) groups excluding carboxylic acids is 2. The first-order valence-electron chi connectivity index (χ1n) is 14.2. The summed E-state index contributed by atoms with van der Waals surface area (Å²) in [6, 6.07) is 6.83. The summed E-state index contributed by atoms with van der Waals surface area (Å²) in [5.41, 5.74) is 9.68. The zero-order chi connectivity index (χ0) is 29.1. The lowest BCUT2D eigenvalue weighted by molar-refractivity contribution is 0.0365. The van der Waals surface area contributed by atoms with Crippen molar-refractivity contribution in [2.75, 3.05) is 57.1 Å². The molecule has 222 valence electrons. The number of ether oxygens (including phenoxy) is 3. The Morgan fingerprint density at radius 2 is 1.98 bits per heavy atom. The minimum atomic E-state index is -0.383. The molecular weight excluding hydrogens is 554 g/mol. The van der Waals surface area contributed by atoms with E-state index in [1.807, 2.05) is 12.1 Å². The van der Waals surface area contributed by atoms with Crippen LogP contribution in [0, 0.1) is 0 Å². The highest BCUT2D eigenvalue weighted by Crippen LogP contribution is 2.24. The van der Waals surface area contributed by atoms with E-state index < -0.39 is 0 Å². The van der Waals surface area contributed by atoms with Gasteiger partial charge in [0.05, 0.1) is 24.6 Å². The maximum Gasteiger partial charge on any atom is 0.346 e. The van der Waals surface area contributed by atoms with Gasteiger partial charge in [-0.05, 0) is 37.0 Å². The van der Waals surface area contributed by atoms with Gasteiger partial charge in [-0.15, -0.1) is 11.3 Å². The van der Waals surface area contributed by atoms with Gasteiger partial charge in [-0.3, -0.25) is 9.69 Å². The lowest BCUT2D eigenvalue weighted by atomic mass is 10.0. The quantitative estimate of drug-likeness (QED) is 0.391. The van der Waals surface area contributed by atoms with Crippen LogP contribution in [-0.4, -0.2) is 73.6 Å². The fourth-order valence-electron chi connectivity index (χ4n) is 4.88. The molecule has 0 bridgehead atoms. The smallest absolute Gasteiger partial charge is 0.346 e. The number of allylic oxidation sites excluding steroid dienone is 4. The number of rotatable bonds is 10. The zero-order valence-electron chi connectivity index (χ0n) is 23.6. The molecule has 0 spiro atoms. The molecule has 0 atom stereocenters. The number of hydrogen-bond donors (Lipinski definition) is 2. The highest BCUT2D eigenvalue weighted by Gasteiger charge is 2.20. The maximum absolute atomic E-state index is 13.4. The summed E-state index contributed by atoms with van der Waals surface area (Å²) in [7, 11) is 0. The number of morpholine rings is 1. The number of hydrogen-bond acceptors (Lipinski definition) is 8. The average molecular weight is 592 g/mol. The van der Waals surface area contributed by atoms with Gasteiger partial charge in [0.2, 0.25) is 5.90 Å². The number of thiophene rings is 1. The Hall–Kier alpha value is -3.93. The van der Waals surface area contributed by atoms with E-state index in [2.05, 4.69) is 33.4 Å². The molecule has 42 heavy (non-hydrogen) atoms. The molecule has 2 aromatic rings. The molecule has 3 N–H and O–H groups in total. The van der Waals surface area contributed by atoms with Crippen LogP contribution in [0.5, 0.6) is 0 Å². The van der Waals surface area contributed by atoms with Gasteiger partial charge in [0, 0.05) is 55.5 Å². The third kappa shape index (κ3) is 8.54. The molecule has 5 rings (SSSR count). The predicted octanol–water partition coefficient (Wildman–Crippen LogP) is 5.18. The summed E-state index contributed by atoms with van der Waals surface area (Å²) in [6.07, 6.45) is 11.3. The number of urea groups is 1. The molecule has 11 heteroatoms. The van der Waals surface area contributed by atoms with Crippen LogP contribution in [0.4, 0.5) is 16.2 Å². The van der Waals surface area contributed by atoms with Gasteiger partial charge in [0.1, 0.15) is 12.0 Å². The molecule has 1 aromatic heterocycles. The molecule has 0 unspecified atom stereocenters. The Balaban J connectivity index is 1.23. The lowest BCUT2D eigenvalue weighted by Gasteiger charge is -2.28. The zero-order valence-corrected chi connectivity index (χ0v) is 24.4. The molecule has 3 aliphatic rings. The van der Waals surface area contributed by atoms with Gasteiger partial charge in [-0.2, -0.15) is 4.99 Å². The van der Waals surface area contributed by atoms with E-state index in [-0.39, 0.29) is 24.4 Å². The standard InChI is InChI=1S/C31H37N5O5S/c32-27-21-42-22-28(27)33-30(37)25-9-7-24(8-10-25)18-36(12-4-11-35-13-15-39-16-14-35)31(38)34-29-20-40-19-26(41-29)17-23-5-2-1-3-6-23/h1-2,5,7-10,19,21-22H,3-4,6,11-18,20,32H2,(H,33,37). The molecule has 1 saturated heterocycles. The van der Waals surface area contributed by atoms with Gasteiger partial charge in [0.15, 0.2) is 6.61 Å². The highest BCUT2D eigenvalue weighted by molar-refractivity contribution is 7.09. The molecule has 0 saturated carbocycles. The van der Waals surface area contributed by atoms with Crippen LogP contribution in [0.1, 0.15) is 41.6 Å². The van der Waals surface area contributed by atoms with Crippen molar-refractivity contribution in [3.63, 3.8) is 0 Å². The molecular formula is C31H37N5O5S. The minimum absolute atomic E-state index is 0.105. The van der Waals surface area contributed by atoms with Crippen LogP contribution in [0.15, 0.2) is 75.8 Å². The van der Waals surface area contributed by atoms with E-state index in [0.29, 0.717) is 42.2 Å². The third-order valence-electron chi connectivity index (χ3n) is 7.20. The number of aliphatic imine (C=N–C) groups is 1. The SMILES string of the molecule is Nc1cscc1NC(=O)c1ccc(CN(CCCN2CCOCC2)C(=O)N=C2COC=C(CC3=CC=CCC3)O2)cc1. The average Bonchev–Trinajstić information content (AvgIpc) is 3.42. The first-order valence-corrected chi connectivity index (χ1v) is 15.2. The Labute approximate surface area is 250 Å². The van der Waals surface area contributed by atoms with E-state index in [1.54, 1.807) is 34.1 Å². The monoisotopic (exact) mass is 591 g/mol. The third-order valence-corrected chi connectivity index (χ3v) is 7.96. The van der Waals surface area contributed by atoms with E-state index in [9.17, 15) is 9.59 Å². The summed E-state index contributed by atoms with van der Waals surface area (Å²) < 4.78 is 17.0. The number of benzene rings is 1. The summed E-state index contributed by atoms with van der Waals surface area (Å²) >= 11 is 1.43. The van der Waals surface area contributed by atoms with Crippen molar-refractivity contribution in [2.45, 2.75) is 32.2 Å². The van der Waals surface area contributed by atoms with Crippen LogP contribution < -0.4 is 11.1 Å². The van der Waals surface area contributed by atoms with Crippen molar-refractivity contribution in [3.05, 3.63) is 82.0 Å². The molecule has 3 heterocycles. The highest BCUT2D eigenvalue weighted by atomic mass is 32.1. The fourth-order valence-corrected chi connectivity index (χ4v) is 5.55. The Kier molecular flexibility index (Phi) is 10.4. The first kappa shape index (κ1) is 29.6. The van der Waals surface area contributed by atoms with Gasteiger partial charge in [0.25, 0.3) is 5.91 Å². The molecule has 0 radical (unpaired) electrons. The van der Waals surface area contributed by atoms with Crippen LogP contribution in [0.3, 0.4) is 0 Å². The molecule has 3 amide bonds. The van der Waals surface area contributed by atoms with E-state index in [1.165, 1.54) is 16.9 Å². The summed E-state index contributed by atoms with van der Waals surface area (Å²) in [5.74, 6) is 0.656. The second-order valence-corrected chi connectivity index (χ2v) is 11.1. The minimum Gasteiger partial charge on any atom is -0.488 e. The molecule has 1 fully saturated rings. The van der Waals surface area contributed by atoms with E-state index in [0.717, 1.165) is 57.7 Å². The second-order valence-electron chi connectivity index (χ2n) is 10.4. The maximum atomic E-state index is 13.4. The van der Waals surface area contributed by atoms with Gasteiger partial charge in [-0.25, -0.2) is 4.79 Å².